The summed E-state index contributed by atoms with van der Waals surface area (Å²) in [6, 6.07) is 10.4. The molecule has 180 valence electrons. The summed E-state index contributed by atoms with van der Waals surface area (Å²) in [6.07, 6.45) is -5.11. The first kappa shape index (κ1) is 25.6. The van der Waals surface area contributed by atoms with Gasteiger partial charge in [0.05, 0.1) is 17.0 Å². The van der Waals surface area contributed by atoms with E-state index >= 15 is 0 Å². The van der Waals surface area contributed by atoms with Crippen molar-refractivity contribution in [2.24, 2.45) is 0 Å². The molecule has 12 nitrogen and oxygen atoms in total. The number of aromatic nitrogens is 4. The summed E-state index contributed by atoms with van der Waals surface area (Å²) in [5.74, 6) is -2.91. The average Bonchev–Trinajstić information content (AvgIpc) is 2.75. The summed E-state index contributed by atoms with van der Waals surface area (Å²) in [5, 5.41) is 0. The highest BCUT2D eigenvalue weighted by Crippen LogP contribution is 2.16. The molecule has 0 amide bonds. The SMILES string of the molecule is O=C(OCc1cc(=O)[nH]c(=O)[nH]1)C(F)(F)F.O=C(OCc1cc(=O)[nH]c(=O)[nH]1)c1ccccc1. The Hall–Kier alpha value is -4.69. The molecule has 0 aliphatic heterocycles. The number of esters is 2. The van der Waals surface area contributed by atoms with Crippen LogP contribution in [0.1, 0.15) is 21.7 Å². The molecule has 0 aliphatic carbocycles. The monoisotopic (exact) mass is 484 g/mol. The normalized spacial score (nSPS) is 10.6. The Bertz CT molecular complexity index is 1320. The van der Waals surface area contributed by atoms with Crippen LogP contribution in [0.4, 0.5) is 13.2 Å². The van der Waals surface area contributed by atoms with Crippen LogP contribution >= 0.6 is 0 Å². The molecule has 2 heterocycles. The third-order valence-electron chi connectivity index (χ3n) is 3.59. The van der Waals surface area contributed by atoms with E-state index < -0.39 is 47.2 Å². The Morgan fingerprint density at radius 2 is 1.21 bits per heavy atom. The predicted molar refractivity (Wildman–Crippen MR) is 107 cm³/mol. The second-order valence-corrected chi connectivity index (χ2v) is 6.24. The van der Waals surface area contributed by atoms with Crippen molar-refractivity contribution in [2.75, 3.05) is 0 Å². The van der Waals surface area contributed by atoms with Gasteiger partial charge in [-0.3, -0.25) is 19.6 Å². The number of aromatic amines is 4. The number of carbonyl (C=O) groups is 2. The number of rotatable bonds is 5. The van der Waals surface area contributed by atoms with Crippen LogP contribution in [-0.2, 0) is 27.5 Å². The van der Waals surface area contributed by atoms with Crippen LogP contribution in [-0.4, -0.2) is 38.1 Å². The largest absolute Gasteiger partial charge is 0.490 e. The van der Waals surface area contributed by atoms with Crippen LogP contribution < -0.4 is 22.5 Å². The third-order valence-corrected chi connectivity index (χ3v) is 3.59. The van der Waals surface area contributed by atoms with Gasteiger partial charge < -0.3 is 19.4 Å². The van der Waals surface area contributed by atoms with E-state index in [1.807, 2.05) is 9.97 Å². The zero-order valence-corrected chi connectivity index (χ0v) is 16.9. The van der Waals surface area contributed by atoms with E-state index in [9.17, 15) is 41.9 Å². The van der Waals surface area contributed by atoms with Crippen molar-refractivity contribution >= 4 is 11.9 Å². The molecule has 0 atom stereocenters. The molecule has 2 aromatic heterocycles. The lowest BCUT2D eigenvalue weighted by atomic mass is 10.2. The smallest absolute Gasteiger partial charge is 0.456 e. The van der Waals surface area contributed by atoms with Gasteiger partial charge in [0.2, 0.25) is 0 Å². The van der Waals surface area contributed by atoms with Gasteiger partial charge in [-0.05, 0) is 12.1 Å². The fourth-order valence-electron chi connectivity index (χ4n) is 2.22. The van der Waals surface area contributed by atoms with Gasteiger partial charge in [-0.25, -0.2) is 19.2 Å². The van der Waals surface area contributed by atoms with E-state index in [1.54, 1.807) is 35.3 Å². The average molecular weight is 484 g/mol. The molecule has 0 radical (unpaired) electrons. The maximum Gasteiger partial charge on any atom is 0.490 e. The molecule has 34 heavy (non-hydrogen) atoms. The first-order chi connectivity index (χ1) is 15.9. The van der Waals surface area contributed by atoms with E-state index in [0.717, 1.165) is 6.07 Å². The molecule has 0 unspecified atom stereocenters. The molecule has 0 saturated carbocycles. The van der Waals surface area contributed by atoms with Gasteiger partial charge in [-0.1, -0.05) is 18.2 Å². The van der Waals surface area contributed by atoms with Crippen molar-refractivity contribution in [1.29, 1.82) is 0 Å². The third kappa shape index (κ3) is 8.45. The van der Waals surface area contributed by atoms with Crippen LogP contribution in [0.3, 0.4) is 0 Å². The Morgan fingerprint density at radius 3 is 1.65 bits per heavy atom. The van der Waals surface area contributed by atoms with Gasteiger partial charge in [-0.15, -0.1) is 0 Å². The van der Waals surface area contributed by atoms with Crippen molar-refractivity contribution in [1.82, 2.24) is 19.9 Å². The maximum atomic E-state index is 11.7. The number of carbonyl (C=O) groups excluding carboxylic acids is 2. The number of hydrogen-bond acceptors (Lipinski definition) is 8. The van der Waals surface area contributed by atoms with Gasteiger partial charge in [0, 0.05) is 12.1 Å². The summed E-state index contributed by atoms with van der Waals surface area (Å²) in [5.41, 5.74) is -2.45. The van der Waals surface area contributed by atoms with Crippen molar-refractivity contribution in [3.63, 3.8) is 0 Å². The fourth-order valence-corrected chi connectivity index (χ4v) is 2.22. The minimum Gasteiger partial charge on any atom is -0.456 e. The highest BCUT2D eigenvalue weighted by molar-refractivity contribution is 5.89. The summed E-state index contributed by atoms with van der Waals surface area (Å²) in [7, 11) is 0. The molecule has 1 aromatic carbocycles. The van der Waals surface area contributed by atoms with Crippen LogP contribution in [0.2, 0.25) is 0 Å². The highest BCUT2D eigenvalue weighted by atomic mass is 19.4. The lowest BCUT2D eigenvalue weighted by Gasteiger charge is -2.06. The Morgan fingerprint density at radius 1 is 0.735 bits per heavy atom. The number of alkyl halides is 3. The summed E-state index contributed by atoms with van der Waals surface area (Å²) < 4.78 is 43.9. The number of benzene rings is 1. The minimum atomic E-state index is -5.11. The summed E-state index contributed by atoms with van der Waals surface area (Å²) in [6.45, 7) is -0.996. The molecule has 0 aliphatic rings. The number of hydrogen-bond donors (Lipinski definition) is 4. The van der Waals surface area contributed by atoms with Crippen molar-refractivity contribution in [3.8, 4) is 0 Å². The molecule has 0 fully saturated rings. The molecule has 4 N–H and O–H groups in total. The van der Waals surface area contributed by atoms with Gasteiger partial charge in [0.25, 0.3) is 11.1 Å². The van der Waals surface area contributed by atoms with E-state index in [0.29, 0.717) is 5.56 Å². The van der Waals surface area contributed by atoms with Gasteiger partial charge in [-0.2, -0.15) is 13.2 Å². The second kappa shape index (κ2) is 11.3. The van der Waals surface area contributed by atoms with Crippen molar-refractivity contribution < 1.29 is 32.2 Å². The fraction of sp³-hybridized carbons (Fsp3) is 0.158. The van der Waals surface area contributed by atoms with Crippen LogP contribution in [0.25, 0.3) is 0 Å². The second-order valence-electron chi connectivity index (χ2n) is 6.24. The Labute approximate surface area is 185 Å². The van der Waals surface area contributed by atoms with Gasteiger partial charge in [0.15, 0.2) is 0 Å². The Kier molecular flexibility index (Phi) is 8.47. The van der Waals surface area contributed by atoms with Crippen LogP contribution in [0.5, 0.6) is 0 Å². The van der Waals surface area contributed by atoms with Crippen LogP contribution in [0, 0.1) is 0 Å². The summed E-state index contributed by atoms with van der Waals surface area (Å²) >= 11 is 0. The minimum absolute atomic E-state index is 0.160. The van der Waals surface area contributed by atoms with Crippen molar-refractivity contribution in [3.05, 3.63) is 101 Å². The first-order valence-electron chi connectivity index (χ1n) is 9.05. The molecule has 15 heteroatoms. The first-order valence-corrected chi connectivity index (χ1v) is 9.05. The van der Waals surface area contributed by atoms with Crippen LogP contribution in [0.15, 0.2) is 61.6 Å². The van der Waals surface area contributed by atoms with E-state index in [2.05, 4.69) is 9.72 Å². The molecule has 3 rings (SSSR count). The molecular weight excluding hydrogens is 469 g/mol. The highest BCUT2D eigenvalue weighted by Gasteiger charge is 2.40. The number of H-pyrrole nitrogens is 4. The molecule has 0 bridgehead atoms. The van der Waals surface area contributed by atoms with E-state index in [-0.39, 0.29) is 18.0 Å². The number of halogens is 3. The van der Waals surface area contributed by atoms with Crippen molar-refractivity contribution in [2.45, 2.75) is 19.4 Å². The topological polar surface area (TPSA) is 184 Å². The number of ether oxygens (including phenoxy) is 2. The zero-order valence-electron chi connectivity index (χ0n) is 16.9. The van der Waals surface area contributed by atoms with Gasteiger partial charge in [0.1, 0.15) is 13.2 Å². The molecular formula is C19H15F3N4O8. The lowest BCUT2D eigenvalue weighted by molar-refractivity contribution is -0.201. The van der Waals surface area contributed by atoms with E-state index in [1.165, 1.54) is 6.07 Å². The summed E-state index contributed by atoms with van der Waals surface area (Å²) in [4.78, 5) is 73.4. The predicted octanol–water partition coefficient (Wildman–Crippen LogP) is 0.0889. The zero-order chi connectivity index (χ0) is 25.3. The standard InChI is InChI=1S/C12H10N2O4.C7H5F3N2O4/c15-10-6-9(13-12(17)14-10)7-18-11(16)8-4-2-1-3-5-8;8-7(9,10)5(14)16-2-3-1-4(13)12-6(15)11-3/h1-6H,7H2,(H2,13,14,15,17);1H,2H2,(H2,11,12,13,15). The Balaban J connectivity index is 0.000000242. The lowest BCUT2D eigenvalue weighted by Crippen LogP contribution is -2.27. The molecule has 3 aromatic rings. The molecule has 0 saturated heterocycles. The van der Waals surface area contributed by atoms with Gasteiger partial charge >= 0.3 is 29.5 Å². The van der Waals surface area contributed by atoms with E-state index in [4.69, 9.17) is 4.74 Å². The maximum absolute atomic E-state index is 11.7. The number of nitrogens with one attached hydrogen (secondary N) is 4. The molecule has 0 spiro atoms. The quantitative estimate of drug-likeness (QED) is 0.367.